The van der Waals surface area contributed by atoms with E-state index in [1.54, 1.807) is 0 Å². The van der Waals surface area contributed by atoms with Crippen LogP contribution in [0.5, 0.6) is 0 Å². The minimum absolute atomic E-state index is 0.309. The first kappa shape index (κ1) is 13.1. The van der Waals surface area contributed by atoms with Gasteiger partial charge < -0.3 is 9.67 Å². The van der Waals surface area contributed by atoms with E-state index in [9.17, 15) is 5.11 Å². The fourth-order valence-corrected chi connectivity index (χ4v) is 3.83. The van der Waals surface area contributed by atoms with E-state index in [0.29, 0.717) is 0 Å². The molecule has 3 heteroatoms. The van der Waals surface area contributed by atoms with Crippen LogP contribution in [0.15, 0.2) is 53.1 Å². The summed E-state index contributed by atoms with van der Waals surface area (Å²) in [6.45, 7) is 0. The van der Waals surface area contributed by atoms with Crippen LogP contribution in [0.25, 0.3) is 16.5 Å². The maximum Gasteiger partial charge on any atom is 0.0807 e. The van der Waals surface area contributed by atoms with Gasteiger partial charge in [0.05, 0.1) is 11.8 Å². The molecule has 1 aromatic heterocycles. The molecule has 1 unspecified atom stereocenters. The van der Waals surface area contributed by atoms with E-state index >= 15 is 0 Å². The molecule has 106 valence electrons. The lowest BCUT2D eigenvalue weighted by Crippen LogP contribution is -2.11. The van der Waals surface area contributed by atoms with Crippen molar-refractivity contribution < 1.29 is 5.11 Å². The van der Waals surface area contributed by atoms with E-state index in [0.717, 1.165) is 29.3 Å². The molecule has 0 fully saturated rings. The third-order valence-corrected chi connectivity index (χ3v) is 5.08. The van der Waals surface area contributed by atoms with Gasteiger partial charge in [-0.3, -0.25) is 0 Å². The number of fused-ring (bicyclic) bond motifs is 2. The van der Waals surface area contributed by atoms with Gasteiger partial charge in [-0.05, 0) is 42.8 Å². The van der Waals surface area contributed by atoms with Crippen LogP contribution in [-0.4, -0.2) is 9.67 Å². The van der Waals surface area contributed by atoms with Crippen molar-refractivity contribution in [2.45, 2.75) is 25.4 Å². The van der Waals surface area contributed by atoms with Gasteiger partial charge in [-0.15, -0.1) is 0 Å². The lowest BCUT2D eigenvalue weighted by Gasteiger charge is -2.21. The fraction of sp³-hybridized carbons (Fsp3) is 0.222. The van der Waals surface area contributed by atoms with E-state index in [-0.39, 0.29) is 6.10 Å². The van der Waals surface area contributed by atoms with Gasteiger partial charge >= 0.3 is 0 Å². The van der Waals surface area contributed by atoms with Crippen molar-refractivity contribution in [3.63, 3.8) is 0 Å². The smallest absolute Gasteiger partial charge is 0.0807 e. The van der Waals surface area contributed by atoms with Crippen molar-refractivity contribution in [3.05, 3.63) is 64.4 Å². The number of aromatic nitrogens is 1. The number of benzene rings is 2. The van der Waals surface area contributed by atoms with Gasteiger partial charge in [0.1, 0.15) is 0 Å². The van der Waals surface area contributed by atoms with Gasteiger partial charge in [-0.1, -0.05) is 40.2 Å². The summed E-state index contributed by atoms with van der Waals surface area (Å²) in [7, 11) is 0. The Morgan fingerprint density at radius 3 is 2.71 bits per heavy atom. The molecule has 0 aliphatic heterocycles. The predicted molar refractivity (Wildman–Crippen MR) is 88.9 cm³/mol. The Labute approximate surface area is 132 Å². The van der Waals surface area contributed by atoms with Crippen LogP contribution >= 0.6 is 15.9 Å². The Morgan fingerprint density at radius 2 is 1.86 bits per heavy atom. The maximum absolute atomic E-state index is 10.2. The summed E-state index contributed by atoms with van der Waals surface area (Å²) >= 11 is 3.63. The first-order chi connectivity index (χ1) is 10.3. The van der Waals surface area contributed by atoms with Crippen molar-refractivity contribution in [2.75, 3.05) is 0 Å². The molecule has 0 bridgehead atoms. The van der Waals surface area contributed by atoms with Crippen molar-refractivity contribution in [3.8, 4) is 5.69 Å². The molecule has 2 aromatic carbocycles. The summed E-state index contributed by atoms with van der Waals surface area (Å²) in [4.78, 5) is 0. The summed E-state index contributed by atoms with van der Waals surface area (Å²) in [5.41, 5.74) is 3.53. The van der Waals surface area contributed by atoms with Crippen molar-refractivity contribution >= 4 is 26.7 Å². The number of hydrogen-bond acceptors (Lipinski definition) is 1. The Kier molecular flexibility index (Phi) is 3.12. The topological polar surface area (TPSA) is 25.2 Å². The first-order valence-corrected chi connectivity index (χ1v) is 8.11. The highest BCUT2D eigenvalue weighted by atomic mass is 79.9. The molecule has 1 heterocycles. The van der Waals surface area contributed by atoms with Crippen LogP contribution in [0.4, 0.5) is 0 Å². The number of rotatable bonds is 1. The van der Waals surface area contributed by atoms with Crippen LogP contribution in [0.2, 0.25) is 0 Å². The molecule has 0 spiro atoms. The molecule has 1 aliphatic carbocycles. The predicted octanol–water partition coefficient (Wildman–Crippen LogP) is 4.76. The number of aliphatic hydroxyl groups is 1. The van der Waals surface area contributed by atoms with Gasteiger partial charge in [0.25, 0.3) is 0 Å². The zero-order valence-corrected chi connectivity index (χ0v) is 13.2. The van der Waals surface area contributed by atoms with E-state index in [1.807, 2.05) is 0 Å². The zero-order chi connectivity index (χ0) is 14.4. The van der Waals surface area contributed by atoms with Gasteiger partial charge in [0, 0.05) is 27.3 Å². The van der Waals surface area contributed by atoms with Crippen LogP contribution in [0, 0.1) is 0 Å². The molecule has 0 amide bonds. The molecule has 0 radical (unpaired) electrons. The largest absolute Gasteiger partial charge is 0.388 e. The van der Waals surface area contributed by atoms with E-state index in [1.165, 1.54) is 22.2 Å². The molecule has 2 nitrogen and oxygen atoms in total. The maximum atomic E-state index is 10.2. The van der Waals surface area contributed by atoms with Crippen LogP contribution in [0.3, 0.4) is 0 Å². The first-order valence-electron chi connectivity index (χ1n) is 7.31. The summed E-state index contributed by atoms with van der Waals surface area (Å²) in [5.74, 6) is 0. The molecule has 0 saturated heterocycles. The number of nitrogens with zero attached hydrogens (tertiary/aromatic N) is 1. The fourth-order valence-electron chi connectivity index (χ4n) is 3.35. The van der Waals surface area contributed by atoms with Crippen molar-refractivity contribution in [1.82, 2.24) is 4.57 Å². The lowest BCUT2D eigenvalue weighted by molar-refractivity contribution is 0.156. The summed E-state index contributed by atoms with van der Waals surface area (Å²) in [6, 6.07) is 14.7. The molecular formula is C18H16BrNO. The average molecular weight is 342 g/mol. The van der Waals surface area contributed by atoms with Crippen LogP contribution in [0.1, 0.15) is 30.2 Å². The number of halogens is 1. The van der Waals surface area contributed by atoms with Gasteiger partial charge in [0.15, 0.2) is 0 Å². The second kappa shape index (κ2) is 5.00. The highest BCUT2D eigenvalue weighted by Gasteiger charge is 2.22. The van der Waals surface area contributed by atoms with Crippen LogP contribution < -0.4 is 0 Å². The Hall–Kier alpha value is -1.58. The van der Waals surface area contributed by atoms with Crippen molar-refractivity contribution in [1.29, 1.82) is 0 Å². The van der Waals surface area contributed by atoms with E-state index in [4.69, 9.17) is 0 Å². The van der Waals surface area contributed by atoms with E-state index in [2.05, 4.69) is 69.2 Å². The zero-order valence-electron chi connectivity index (χ0n) is 11.6. The quantitative estimate of drug-likeness (QED) is 0.678. The average Bonchev–Trinajstić information content (AvgIpc) is 2.93. The normalized spacial score (nSPS) is 17.9. The molecule has 1 atom stereocenters. The minimum Gasteiger partial charge on any atom is -0.388 e. The van der Waals surface area contributed by atoms with Crippen LogP contribution in [-0.2, 0) is 6.42 Å². The molecule has 4 rings (SSSR count). The van der Waals surface area contributed by atoms with Gasteiger partial charge in [0.2, 0.25) is 0 Å². The van der Waals surface area contributed by atoms with Gasteiger partial charge in [-0.25, -0.2) is 0 Å². The lowest BCUT2D eigenvalue weighted by atomic mass is 9.95. The van der Waals surface area contributed by atoms with Crippen molar-refractivity contribution in [2.24, 2.45) is 0 Å². The second-order valence-electron chi connectivity index (χ2n) is 5.61. The summed E-state index contributed by atoms with van der Waals surface area (Å²) in [5, 5.41) is 12.6. The summed E-state index contributed by atoms with van der Waals surface area (Å²) < 4.78 is 3.36. The third kappa shape index (κ3) is 2.03. The number of hydrogen-bond donors (Lipinski definition) is 1. The highest BCUT2D eigenvalue weighted by molar-refractivity contribution is 9.10. The third-order valence-electron chi connectivity index (χ3n) is 4.38. The monoisotopic (exact) mass is 341 g/mol. The Balaban J connectivity index is 1.98. The second-order valence-corrected chi connectivity index (χ2v) is 6.46. The minimum atomic E-state index is -0.309. The number of aliphatic hydroxyl groups excluding tert-OH is 1. The molecule has 3 aromatic rings. The molecule has 21 heavy (non-hydrogen) atoms. The highest BCUT2D eigenvalue weighted by Crippen LogP contribution is 2.35. The molecule has 1 N–H and O–H groups in total. The molecular weight excluding hydrogens is 326 g/mol. The summed E-state index contributed by atoms with van der Waals surface area (Å²) in [6.07, 6.45) is 4.74. The molecule has 0 saturated carbocycles. The Morgan fingerprint density at radius 1 is 1.05 bits per heavy atom. The Bertz CT molecular complexity index is 821. The molecule has 1 aliphatic rings. The standard InChI is InChI=1S/C18H16BrNO/c19-15-8-9-17(13-5-2-1-4-12(13)15)20-11-10-14-16(20)6-3-7-18(14)21/h1-2,4-5,8-11,18,21H,3,6-7H2. The SMILES string of the molecule is OC1CCCc2c1ccn2-c1ccc(Br)c2ccccc12. The van der Waals surface area contributed by atoms with E-state index < -0.39 is 0 Å². The van der Waals surface area contributed by atoms with Gasteiger partial charge in [-0.2, -0.15) is 0 Å².